The lowest BCUT2D eigenvalue weighted by atomic mass is 10.1. The van der Waals surface area contributed by atoms with Crippen molar-refractivity contribution in [2.24, 2.45) is 5.92 Å². The quantitative estimate of drug-likeness (QED) is 0.718. The zero-order chi connectivity index (χ0) is 9.26. The Balaban J connectivity index is 1.61. The first-order valence-corrected chi connectivity index (χ1v) is 6.33. The lowest BCUT2D eigenvalue weighted by Crippen LogP contribution is -2.36. The van der Waals surface area contributed by atoms with E-state index in [4.69, 9.17) is 0 Å². The largest absolute Gasteiger partial charge is 0.392 e. The van der Waals surface area contributed by atoms with Crippen molar-refractivity contribution in [3.63, 3.8) is 0 Å². The van der Waals surface area contributed by atoms with E-state index in [0.717, 1.165) is 11.8 Å². The van der Waals surface area contributed by atoms with E-state index < -0.39 is 0 Å². The molecule has 0 aromatic carbocycles. The number of aliphatic hydroxyl groups is 1. The average molecular weight is 201 g/mol. The van der Waals surface area contributed by atoms with Crippen LogP contribution in [0.4, 0.5) is 0 Å². The molecule has 1 aliphatic heterocycles. The monoisotopic (exact) mass is 201 g/mol. The Morgan fingerprint density at radius 1 is 1.54 bits per heavy atom. The normalized spacial score (nSPS) is 36.5. The fraction of sp³-hybridized carbons (Fsp3) is 1.00. The zero-order valence-corrected chi connectivity index (χ0v) is 9.02. The summed E-state index contributed by atoms with van der Waals surface area (Å²) in [5.74, 6) is 1.83. The molecular formula is C10H19NOS. The fourth-order valence-corrected chi connectivity index (χ4v) is 3.08. The van der Waals surface area contributed by atoms with Crippen LogP contribution in [0.25, 0.3) is 0 Å². The smallest absolute Gasteiger partial charge is 0.0692 e. The highest BCUT2D eigenvalue weighted by Gasteiger charge is 2.30. The Morgan fingerprint density at radius 3 is 2.85 bits per heavy atom. The molecule has 2 nitrogen and oxygen atoms in total. The number of hydrogen-bond acceptors (Lipinski definition) is 3. The SMILES string of the molecule is CC1CC(NCC(O)C2CC2)CS1. The first kappa shape index (κ1) is 9.81. The molecule has 3 unspecified atom stereocenters. The lowest BCUT2D eigenvalue weighted by Gasteiger charge is -2.15. The van der Waals surface area contributed by atoms with Gasteiger partial charge in [-0.2, -0.15) is 11.8 Å². The molecule has 0 amide bonds. The van der Waals surface area contributed by atoms with E-state index in [2.05, 4.69) is 12.2 Å². The Hall–Kier alpha value is 0.270. The predicted molar refractivity (Wildman–Crippen MR) is 57.1 cm³/mol. The highest BCUT2D eigenvalue weighted by atomic mass is 32.2. The van der Waals surface area contributed by atoms with Gasteiger partial charge in [-0.3, -0.25) is 0 Å². The molecule has 2 aliphatic rings. The van der Waals surface area contributed by atoms with E-state index in [1.165, 1.54) is 25.0 Å². The van der Waals surface area contributed by atoms with Gasteiger partial charge in [0.25, 0.3) is 0 Å². The molecule has 3 heteroatoms. The molecule has 13 heavy (non-hydrogen) atoms. The summed E-state index contributed by atoms with van der Waals surface area (Å²) in [5, 5.41) is 13.9. The minimum atomic E-state index is -0.0825. The molecule has 1 heterocycles. The van der Waals surface area contributed by atoms with Gasteiger partial charge in [0.05, 0.1) is 6.10 Å². The standard InChI is InChI=1S/C10H19NOS/c1-7-4-9(6-13-7)11-5-10(12)8-2-3-8/h7-12H,2-6H2,1H3. The van der Waals surface area contributed by atoms with Crippen molar-refractivity contribution < 1.29 is 5.11 Å². The van der Waals surface area contributed by atoms with Gasteiger partial charge in [-0.1, -0.05) is 6.92 Å². The van der Waals surface area contributed by atoms with Gasteiger partial charge in [0.2, 0.25) is 0 Å². The van der Waals surface area contributed by atoms with Crippen molar-refractivity contribution in [3.8, 4) is 0 Å². The number of aliphatic hydroxyl groups excluding tert-OH is 1. The fourth-order valence-electron chi connectivity index (χ4n) is 1.89. The van der Waals surface area contributed by atoms with E-state index in [1.54, 1.807) is 0 Å². The van der Waals surface area contributed by atoms with Gasteiger partial charge in [-0.25, -0.2) is 0 Å². The Kier molecular flexibility index (Phi) is 3.17. The maximum atomic E-state index is 9.65. The minimum absolute atomic E-state index is 0.0825. The molecule has 0 aromatic heterocycles. The Bertz CT molecular complexity index is 172. The third-order valence-electron chi connectivity index (χ3n) is 2.98. The number of nitrogens with one attached hydrogen (secondary N) is 1. The summed E-state index contributed by atoms with van der Waals surface area (Å²) in [7, 11) is 0. The summed E-state index contributed by atoms with van der Waals surface area (Å²) in [6, 6.07) is 0.647. The topological polar surface area (TPSA) is 32.3 Å². The van der Waals surface area contributed by atoms with Crippen LogP contribution < -0.4 is 5.32 Å². The van der Waals surface area contributed by atoms with Gasteiger partial charge in [-0.05, 0) is 25.2 Å². The third-order valence-corrected chi connectivity index (χ3v) is 4.34. The minimum Gasteiger partial charge on any atom is -0.392 e. The molecule has 76 valence electrons. The van der Waals surface area contributed by atoms with Crippen LogP contribution in [0.15, 0.2) is 0 Å². The molecular weight excluding hydrogens is 182 g/mol. The molecule has 0 bridgehead atoms. The van der Waals surface area contributed by atoms with Crippen LogP contribution >= 0.6 is 11.8 Å². The maximum Gasteiger partial charge on any atom is 0.0692 e. The van der Waals surface area contributed by atoms with Crippen molar-refractivity contribution in [2.45, 2.75) is 43.6 Å². The van der Waals surface area contributed by atoms with Gasteiger partial charge in [0, 0.05) is 23.6 Å². The van der Waals surface area contributed by atoms with Crippen LogP contribution in [0.5, 0.6) is 0 Å². The first-order valence-electron chi connectivity index (χ1n) is 5.28. The van der Waals surface area contributed by atoms with E-state index in [1.807, 2.05) is 11.8 Å². The van der Waals surface area contributed by atoms with E-state index in [9.17, 15) is 5.11 Å². The van der Waals surface area contributed by atoms with Gasteiger partial charge < -0.3 is 10.4 Å². The van der Waals surface area contributed by atoms with Crippen LogP contribution in [0.2, 0.25) is 0 Å². The molecule has 3 atom stereocenters. The second kappa shape index (κ2) is 4.20. The molecule has 0 aromatic rings. The maximum absolute atomic E-state index is 9.65. The predicted octanol–water partition coefficient (Wildman–Crippen LogP) is 1.24. The van der Waals surface area contributed by atoms with Gasteiger partial charge in [0.1, 0.15) is 0 Å². The molecule has 1 saturated heterocycles. The molecule has 0 spiro atoms. The molecule has 0 radical (unpaired) electrons. The summed E-state index contributed by atoms with van der Waals surface area (Å²) in [6.45, 7) is 3.09. The van der Waals surface area contributed by atoms with Crippen molar-refractivity contribution in [1.29, 1.82) is 0 Å². The van der Waals surface area contributed by atoms with Crippen molar-refractivity contribution >= 4 is 11.8 Å². The average Bonchev–Trinajstić information content (AvgIpc) is 2.87. The zero-order valence-electron chi connectivity index (χ0n) is 8.20. The van der Waals surface area contributed by atoms with E-state index in [-0.39, 0.29) is 6.10 Å². The van der Waals surface area contributed by atoms with Crippen LogP contribution in [0.3, 0.4) is 0 Å². The summed E-state index contributed by atoms with van der Waals surface area (Å²) < 4.78 is 0. The van der Waals surface area contributed by atoms with E-state index >= 15 is 0 Å². The summed E-state index contributed by atoms with van der Waals surface area (Å²) >= 11 is 2.04. The van der Waals surface area contributed by atoms with Crippen LogP contribution in [0, 0.1) is 5.92 Å². The lowest BCUT2D eigenvalue weighted by molar-refractivity contribution is 0.145. The van der Waals surface area contributed by atoms with Gasteiger partial charge in [0.15, 0.2) is 0 Å². The molecule has 2 rings (SSSR count). The highest BCUT2D eigenvalue weighted by molar-refractivity contribution is 8.00. The molecule has 2 N–H and O–H groups in total. The summed E-state index contributed by atoms with van der Waals surface area (Å²) in [6.07, 6.45) is 3.65. The van der Waals surface area contributed by atoms with Crippen molar-refractivity contribution in [3.05, 3.63) is 0 Å². The van der Waals surface area contributed by atoms with E-state index in [0.29, 0.717) is 12.0 Å². The van der Waals surface area contributed by atoms with Gasteiger partial charge in [-0.15, -0.1) is 0 Å². The summed E-state index contributed by atoms with van der Waals surface area (Å²) in [4.78, 5) is 0. The molecule has 1 saturated carbocycles. The Morgan fingerprint density at radius 2 is 2.31 bits per heavy atom. The van der Waals surface area contributed by atoms with Crippen molar-refractivity contribution in [2.75, 3.05) is 12.3 Å². The molecule has 1 aliphatic carbocycles. The second-order valence-electron chi connectivity index (χ2n) is 4.39. The third kappa shape index (κ3) is 2.86. The van der Waals surface area contributed by atoms with Crippen LogP contribution in [-0.2, 0) is 0 Å². The number of thioether (sulfide) groups is 1. The summed E-state index contributed by atoms with van der Waals surface area (Å²) in [5.41, 5.74) is 0. The number of rotatable bonds is 4. The highest BCUT2D eigenvalue weighted by Crippen LogP contribution is 2.32. The van der Waals surface area contributed by atoms with Gasteiger partial charge >= 0.3 is 0 Å². The Labute approximate surface area is 84.5 Å². The first-order chi connectivity index (χ1) is 6.25. The van der Waals surface area contributed by atoms with Crippen LogP contribution in [-0.4, -0.2) is 34.8 Å². The van der Waals surface area contributed by atoms with Crippen molar-refractivity contribution in [1.82, 2.24) is 5.32 Å². The second-order valence-corrected chi connectivity index (χ2v) is 5.86. The van der Waals surface area contributed by atoms with Crippen LogP contribution in [0.1, 0.15) is 26.2 Å². The number of hydrogen-bond donors (Lipinski definition) is 2. The molecule has 2 fully saturated rings.